The molecule has 2 rings (SSSR count). The normalized spacial score (nSPS) is 18.6. The Bertz CT molecular complexity index is 428. The van der Waals surface area contributed by atoms with E-state index in [0.717, 1.165) is 12.2 Å². The minimum atomic E-state index is -0.207. The zero-order chi connectivity index (χ0) is 13.2. The molecule has 0 spiro atoms. The zero-order valence-corrected chi connectivity index (χ0v) is 12.9. The van der Waals surface area contributed by atoms with Gasteiger partial charge in [0.05, 0.1) is 14.9 Å². The number of hydrogen-bond acceptors (Lipinski definition) is 2. The van der Waals surface area contributed by atoms with Crippen LogP contribution in [-0.4, -0.2) is 6.54 Å². The van der Waals surface area contributed by atoms with E-state index >= 15 is 0 Å². The number of halogens is 2. The molecule has 18 heavy (non-hydrogen) atoms. The van der Waals surface area contributed by atoms with Crippen molar-refractivity contribution in [3.8, 4) is 0 Å². The molecule has 1 aromatic rings. The first kappa shape index (κ1) is 13.9. The second kappa shape index (κ2) is 5.63. The van der Waals surface area contributed by atoms with Gasteiger partial charge in [-0.1, -0.05) is 26.2 Å². The molecule has 0 heterocycles. The predicted octanol–water partition coefficient (Wildman–Crippen LogP) is 4.39. The molecule has 1 aromatic carbocycles. The SMILES string of the molecule is CC1(CNc2cc(F)c(I)cc2N)CCCCC1. The second-order valence-corrected chi connectivity index (χ2v) is 6.74. The van der Waals surface area contributed by atoms with E-state index in [1.807, 2.05) is 22.6 Å². The van der Waals surface area contributed by atoms with Crippen LogP contribution in [0.2, 0.25) is 0 Å². The Hall–Kier alpha value is -0.520. The van der Waals surface area contributed by atoms with Gasteiger partial charge >= 0.3 is 0 Å². The molecular weight excluding hydrogens is 342 g/mol. The number of anilines is 2. The summed E-state index contributed by atoms with van der Waals surface area (Å²) in [6, 6.07) is 3.19. The quantitative estimate of drug-likeness (QED) is 0.618. The van der Waals surface area contributed by atoms with Gasteiger partial charge in [0, 0.05) is 12.6 Å². The first-order valence-electron chi connectivity index (χ1n) is 6.49. The molecule has 0 aromatic heterocycles. The molecule has 100 valence electrons. The fourth-order valence-corrected chi connectivity index (χ4v) is 3.10. The van der Waals surface area contributed by atoms with E-state index in [1.54, 1.807) is 6.07 Å². The molecule has 0 saturated heterocycles. The molecule has 1 aliphatic carbocycles. The van der Waals surface area contributed by atoms with Crippen molar-refractivity contribution < 1.29 is 4.39 Å². The molecule has 1 fully saturated rings. The van der Waals surface area contributed by atoms with Crippen LogP contribution in [0.5, 0.6) is 0 Å². The van der Waals surface area contributed by atoms with Crippen LogP contribution in [0.15, 0.2) is 12.1 Å². The lowest BCUT2D eigenvalue weighted by Gasteiger charge is -2.34. The van der Waals surface area contributed by atoms with Crippen LogP contribution in [0.25, 0.3) is 0 Å². The van der Waals surface area contributed by atoms with Gasteiger partial charge in [-0.15, -0.1) is 0 Å². The highest BCUT2D eigenvalue weighted by Crippen LogP contribution is 2.36. The number of benzene rings is 1. The molecule has 0 radical (unpaired) electrons. The van der Waals surface area contributed by atoms with E-state index < -0.39 is 0 Å². The summed E-state index contributed by atoms with van der Waals surface area (Å²) in [5.41, 5.74) is 7.59. The summed E-state index contributed by atoms with van der Waals surface area (Å²) in [6.07, 6.45) is 6.43. The molecule has 0 aliphatic heterocycles. The van der Waals surface area contributed by atoms with Crippen molar-refractivity contribution in [2.24, 2.45) is 5.41 Å². The van der Waals surface area contributed by atoms with Gasteiger partial charge in [0.15, 0.2) is 0 Å². The second-order valence-electron chi connectivity index (χ2n) is 5.58. The van der Waals surface area contributed by atoms with E-state index in [2.05, 4.69) is 12.2 Å². The fraction of sp³-hybridized carbons (Fsp3) is 0.571. The van der Waals surface area contributed by atoms with Gasteiger partial charge < -0.3 is 11.1 Å². The first-order valence-corrected chi connectivity index (χ1v) is 7.56. The summed E-state index contributed by atoms with van der Waals surface area (Å²) < 4.78 is 14.1. The maximum Gasteiger partial charge on any atom is 0.138 e. The van der Waals surface area contributed by atoms with Gasteiger partial charge in [0.1, 0.15) is 5.82 Å². The molecule has 3 N–H and O–H groups in total. The molecule has 0 amide bonds. The number of nitrogen functional groups attached to an aromatic ring is 1. The van der Waals surface area contributed by atoms with Crippen LogP contribution in [-0.2, 0) is 0 Å². The van der Waals surface area contributed by atoms with Crippen molar-refractivity contribution >= 4 is 34.0 Å². The molecule has 0 bridgehead atoms. The number of hydrogen-bond donors (Lipinski definition) is 2. The minimum Gasteiger partial charge on any atom is -0.397 e. The van der Waals surface area contributed by atoms with E-state index in [-0.39, 0.29) is 5.82 Å². The van der Waals surface area contributed by atoms with Crippen molar-refractivity contribution in [3.05, 3.63) is 21.5 Å². The van der Waals surface area contributed by atoms with Crippen LogP contribution < -0.4 is 11.1 Å². The topological polar surface area (TPSA) is 38.0 Å². The summed E-state index contributed by atoms with van der Waals surface area (Å²) in [7, 11) is 0. The van der Waals surface area contributed by atoms with Gasteiger partial charge in [0.25, 0.3) is 0 Å². The van der Waals surface area contributed by atoms with Gasteiger partial charge in [-0.2, -0.15) is 0 Å². The van der Waals surface area contributed by atoms with Gasteiger partial charge in [-0.05, 0) is 46.9 Å². The lowest BCUT2D eigenvalue weighted by atomic mass is 9.76. The molecule has 1 aliphatic rings. The summed E-state index contributed by atoms with van der Waals surface area (Å²) in [5, 5.41) is 3.32. The van der Waals surface area contributed by atoms with Crippen LogP contribution in [0.3, 0.4) is 0 Å². The number of rotatable bonds is 3. The largest absolute Gasteiger partial charge is 0.397 e. The average molecular weight is 362 g/mol. The Balaban J connectivity index is 2.03. The van der Waals surface area contributed by atoms with Crippen molar-refractivity contribution in [1.29, 1.82) is 0 Å². The maximum absolute atomic E-state index is 13.5. The maximum atomic E-state index is 13.5. The van der Waals surface area contributed by atoms with Crippen LogP contribution in [0, 0.1) is 14.8 Å². The van der Waals surface area contributed by atoms with Gasteiger partial charge in [0.2, 0.25) is 0 Å². The van der Waals surface area contributed by atoms with Crippen molar-refractivity contribution in [3.63, 3.8) is 0 Å². The molecule has 0 atom stereocenters. The van der Waals surface area contributed by atoms with E-state index in [9.17, 15) is 4.39 Å². The third kappa shape index (κ3) is 3.28. The minimum absolute atomic E-state index is 0.207. The van der Waals surface area contributed by atoms with E-state index in [4.69, 9.17) is 5.73 Å². The summed E-state index contributed by atoms with van der Waals surface area (Å²) in [5.74, 6) is -0.207. The Kier molecular flexibility index (Phi) is 4.35. The Labute approximate surface area is 122 Å². The Morgan fingerprint density at radius 3 is 2.67 bits per heavy atom. The molecule has 2 nitrogen and oxygen atoms in total. The van der Waals surface area contributed by atoms with Crippen molar-refractivity contribution in [1.82, 2.24) is 0 Å². The summed E-state index contributed by atoms with van der Waals surface area (Å²) >= 11 is 1.96. The highest BCUT2D eigenvalue weighted by atomic mass is 127. The molecule has 0 unspecified atom stereocenters. The average Bonchev–Trinajstić information content (AvgIpc) is 2.33. The highest BCUT2D eigenvalue weighted by Gasteiger charge is 2.26. The summed E-state index contributed by atoms with van der Waals surface area (Å²) in [4.78, 5) is 0. The van der Waals surface area contributed by atoms with Crippen LogP contribution >= 0.6 is 22.6 Å². The Morgan fingerprint density at radius 1 is 1.33 bits per heavy atom. The smallest absolute Gasteiger partial charge is 0.138 e. The van der Waals surface area contributed by atoms with E-state index in [0.29, 0.717) is 14.7 Å². The third-order valence-electron chi connectivity index (χ3n) is 3.86. The number of nitrogens with one attached hydrogen (secondary N) is 1. The molecule has 1 saturated carbocycles. The number of nitrogens with two attached hydrogens (primary N) is 1. The van der Waals surface area contributed by atoms with Gasteiger partial charge in [-0.25, -0.2) is 4.39 Å². The molecular formula is C14H20FIN2. The van der Waals surface area contributed by atoms with Gasteiger partial charge in [-0.3, -0.25) is 0 Å². The van der Waals surface area contributed by atoms with Crippen molar-refractivity contribution in [2.75, 3.05) is 17.6 Å². The fourth-order valence-electron chi connectivity index (χ4n) is 2.61. The lowest BCUT2D eigenvalue weighted by molar-refractivity contribution is 0.233. The molecule has 4 heteroatoms. The van der Waals surface area contributed by atoms with Crippen molar-refractivity contribution in [2.45, 2.75) is 39.0 Å². The first-order chi connectivity index (χ1) is 8.50. The summed E-state index contributed by atoms with van der Waals surface area (Å²) in [6.45, 7) is 3.18. The predicted molar refractivity (Wildman–Crippen MR) is 83.2 cm³/mol. The standard InChI is InChI=1S/C14H20FIN2/c1-14(5-3-2-4-6-14)9-18-13-7-10(15)11(16)8-12(13)17/h7-8,18H,2-6,9,17H2,1H3. The monoisotopic (exact) mass is 362 g/mol. The third-order valence-corrected chi connectivity index (χ3v) is 4.69. The van der Waals surface area contributed by atoms with Crippen LogP contribution in [0.1, 0.15) is 39.0 Å². The zero-order valence-electron chi connectivity index (χ0n) is 10.7. The Morgan fingerprint density at radius 2 is 2.00 bits per heavy atom. The van der Waals surface area contributed by atoms with E-state index in [1.165, 1.54) is 38.2 Å². The lowest BCUT2D eigenvalue weighted by Crippen LogP contribution is -2.29. The van der Waals surface area contributed by atoms with Crippen LogP contribution in [0.4, 0.5) is 15.8 Å². The highest BCUT2D eigenvalue weighted by molar-refractivity contribution is 14.1.